The Kier molecular flexibility index (Phi) is 4.89. The Morgan fingerprint density at radius 2 is 1.83 bits per heavy atom. The van der Waals surface area contributed by atoms with Crippen LogP contribution in [0.5, 0.6) is 0 Å². The first kappa shape index (κ1) is 16.7. The Bertz CT molecular complexity index is 641. The Hall–Kier alpha value is -1.18. The lowest BCUT2D eigenvalue weighted by Gasteiger charge is -2.34. The van der Waals surface area contributed by atoms with Gasteiger partial charge in [-0.1, -0.05) is 0 Å². The molecule has 1 aromatic heterocycles. The molecule has 2 aliphatic rings. The molecule has 0 aliphatic carbocycles. The third-order valence-electron chi connectivity index (χ3n) is 4.80. The van der Waals surface area contributed by atoms with Crippen LogP contribution in [0.25, 0.3) is 0 Å². The van der Waals surface area contributed by atoms with E-state index in [0.717, 1.165) is 31.5 Å². The minimum atomic E-state index is -3.29. The van der Waals surface area contributed by atoms with Crippen molar-refractivity contribution in [1.29, 1.82) is 0 Å². The third-order valence-corrected chi connectivity index (χ3v) is 6.80. The molecule has 1 atom stereocenters. The van der Waals surface area contributed by atoms with Crippen molar-refractivity contribution in [1.82, 2.24) is 13.6 Å². The number of piperidine rings is 1. The van der Waals surface area contributed by atoms with Gasteiger partial charge in [-0.05, 0) is 49.3 Å². The largest absolute Gasteiger partial charge is 0.363 e. The van der Waals surface area contributed by atoms with E-state index in [2.05, 4.69) is 11.1 Å². The van der Waals surface area contributed by atoms with E-state index in [4.69, 9.17) is 0 Å². The van der Waals surface area contributed by atoms with Crippen molar-refractivity contribution in [2.24, 2.45) is 0 Å². The van der Waals surface area contributed by atoms with E-state index in [1.165, 1.54) is 5.56 Å². The molecule has 2 fully saturated rings. The van der Waals surface area contributed by atoms with Crippen LogP contribution in [0, 0.1) is 0 Å². The van der Waals surface area contributed by atoms with Crippen LogP contribution < -0.4 is 4.90 Å². The molecule has 0 saturated carbocycles. The van der Waals surface area contributed by atoms with E-state index in [-0.39, 0.29) is 5.92 Å². The molecule has 7 heteroatoms. The summed E-state index contributed by atoms with van der Waals surface area (Å²) < 4.78 is 28.9. The van der Waals surface area contributed by atoms with Crippen LogP contribution in [-0.2, 0) is 10.2 Å². The molecular weight excluding hydrogens is 312 g/mol. The van der Waals surface area contributed by atoms with Gasteiger partial charge in [-0.25, -0.2) is 4.98 Å². The molecule has 0 aromatic carbocycles. The van der Waals surface area contributed by atoms with Gasteiger partial charge >= 0.3 is 0 Å². The van der Waals surface area contributed by atoms with Crippen molar-refractivity contribution in [3.63, 3.8) is 0 Å². The van der Waals surface area contributed by atoms with E-state index >= 15 is 0 Å². The quantitative estimate of drug-likeness (QED) is 0.838. The monoisotopic (exact) mass is 338 g/mol. The molecule has 2 saturated heterocycles. The van der Waals surface area contributed by atoms with Crippen LogP contribution in [0.2, 0.25) is 0 Å². The van der Waals surface area contributed by atoms with Crippen LogP contribution in [0.1, 0.15) is 37.2 Å². The highest BCUT2D eigenvalue weighted by molar-refractivity contribution is 7.86. The summed E-state index contributed by atoms with van der Waals surface area (Å²) in [7, 11) is 0.650. The molecule has 6 nitrogen and oxygen atoms in total. The zero-order valence-electron chi connectivity index (χ0n) is 14.0. The number of aromatic nitrogens is 1. The SMILES string of the molecule is CN(C)c1cc([C@H]2CCCN(S(=O)(=O)N3CCCC3)C2)ccn1. The Morgan fingerprint density at radius 3 is 2.52 bits per heavy atom. The summed E-state index contributed by atoms with van der Waals surface area (Å²) in [5.41, 5.74) is 1.19. The molecule has 0 amide bonds. The van der Waals surface area contributed by atoms with E-state index in [1.54, 1.807) is 8.61 Å². The van der Waals surface area contributed by atoms with Crippen molar-refractivity contribution >= 4 is 16.0 Å². The van der Waals surface area contributed by atoms with Crippen molar-refractivity contribution in [2.75, 3.05) is 45.2 Å². The average molecular weight is 338 g/mol. The van der Waals surface area contributed by atoms with Crippen LogP contribution in [-0.4, -0.2) is 62.3 Å². The van der Waals surface area contributed by atoms with Gasteiger partial charge in [0, 0.05) is 46.5 Å². The summed E-state index contributed by atoms with van der Waals surface area (Å²) in [5.74, 6) is 1.17. The van der Waals surface area contributed by atoms with E-state index in [0.29, 0.717) is 26.2 Å². The second kappa shape index (κ2) is 6.75. The standard InChI is InChI=1S/C16H26N4O2S/c1-18(2)16-12-14(7-8-17-16)15-6-5-11-20(13-15)23(21,22)19-9-3-4-10-19/h7-8,12,15H,3-6,9-11,13H2,1-2H3/t15-/m0/s1. The highest BCUT2D eigenvalue weighted by Gasteiger charge is 2.35. The molecular formula is C16H26N4O2S. The molecule has 0 unspecified atom stereocenters. The maximum Gasteiger partial charge on any atom is 0.281 e. The smallest absolute Gasteiger partial charge is 0.281 e. The topological polar surface area (TPSA) is 56.8 Å². The van der Waals surface area contributed by atoms with Crippen LogP contribution in [0.3, 0.4) is 0 Å². The van der Waals surface area contributed by atoms with Gasteiger partial charge in [0.1, 0.15) is 5.82 Å². The van der Waals surface area contributed by atoms with E-state index in [1.807, 2.05) is 31.3 Å². The van der Waals surface area contributed by atoms with Gasteiger partial charge < -0.3 is 4.90 Å². The maximum atomic E-state index is 12.8. The predicted molar refractivity (Wildman–Crippen MR) is 91.8 cm³/mol. The lowest BCUT2D eigenvalue weighted by Crippen LogP contribution is -2.46. The number of pyridine rings is 1. The minimum Gasteiger partial charge on any atom is -0.363 e. The zero-order chi connectivity index (χ0) is 16.4. The summed E-state index contributed by atoms with van der Waals surface area (Å²) in [5, 5.41) is 0. The van der Waals surface area contributed by atoms with Gasteiger partial charge in [-0.2, -0.15) is 17.0 Å². The minimum absolute atomic E-state index is 0.253. The molecule has 3 rings (SSSR count). The lowest BCUT2D eigenvalue weighted by molar-refractivity contribution is 0.292. The fourth-order valence-electron chi connectivity index (χ4n) is 3.44. The molecule has 128 valence electrons. The molecule has 0 bridgehead atoms. The van der Waals surface area contributed by atoms with Crippen LogP contribution in [0.4, 0.5) is 5.82 Å². The normalized spacial score (nSPS) is 24.0. The van der Waals surface area contributed by atoms with Gasteiger partial charge in [0.25, 0.3) is 10.2 Å². The number of anilines is 1. The second-order valence-electron chi connectivity index (χ2n) is 6.65. The summed E-state index contributed by atoms with van der Waals surface area (Å²) in [4.78, 5) is 6.33. The molecule has 0 spiro atoms. The first-order chi connectivity index (χ1) is 11.0. The summed E-state index contributed by atoms with van der Waals surface area (Å²) in [6.45, 7) is 2.56. The third kappa shape index (κ3) is 3.51. The highest BCUT2D eigenvalue weighted by Crippen LogP contribution is 2.30. The first-order valence-electron chi connectivity index (χ1n) is 8.37. The van der Waals surface area contributed by atoms with Crippen molar-refractivity contribution in [3.05, 3.63) is 23.9 Å². The Morgan fingerprint density at radius 1 is 1.13 bits per heavy atom. The number of hydrogen-bond acceptors (Lipinski definition) is 4. The fourth-order valence-corrected chi connectivity index (χ4v) is 5.21. The van der Waals surface area contributed by atoms with Crippen molar-refractivity contribution in [2.45, 2.75) is 31.6 Å². The number of rotatable bonds is 4. The van der Waals surface area contributed by atoms with E-state index < -0.39 is 10.2 Å². The predicted octanol–water partition coefficient (Wildman–Crippen LogP) is 1.67. The molecule has 2 aliphatic heterocycles. The van der Waals surface area contributed by atoms with Gasteiger partial charge in [-0.3, -0.25) is 0 Å². The van der Waals surface area contributed by atoms with Crippen molar-refractivity contribution in [3.8, 4) is 0 Å². The fraction of sp³-hybridized carbons (Fsp3) is 0.688. The Balaban J connectivity index is 1.77. The van der Waals surface area contributed by atoms with Gasteiger partial charge in [0.15, 0.2) is 0 Å². The van der Waals surface area contributed by atoms with Gasteiger partial charge in [0.2, 0.25) is 0 Å². The van der Waals surface area contributed by atoms with Crippen molar-refractivity contribution < 1.29 is 8.42 Å². The average Bonchev–Trinajstić information content (AvgIpc) is 3.10. The molecule has 0 N–H and O–H groups in total. The molecule has 0 radical (unpaired) electrons. The number of nitrogens with zero attached hydrogens (tertiary/aromatic N) is 4. The van der Waals surface area contributed by atoms with E-state index in [9.17, 15) is 8.42 Å². The summed E-state index contributed by atoms with van der Waals surface area (Å²) >= 11 is 0. The van der Waals surface area contributed by atoms with Crippen LogP contribution >= 0.6 is 0 Å². The van der Waals surface area contributed by atoms with Gasteiger partial charge in [0.05, 0.1) is 0 Å². The lowest BCUT2D eigenvalue weighted by atomic mass is 9.92. The summed E-state index contributed by atoms with van der Waals surface area (Å²) in [6, 6.07) is 4.10. The highest BCUT2D eigenvalue weighted by atomic mass is 32.2. The zero-order valence-corrected chi connectivity index (χ0v) is 14.8. The molecule has 3 heterocycles. The molecule has 23 heavy (non-hydrogen) atoms. The maximum absolute atomic E-state index is 12.8. The molecule has 1 aromatic rings. The van der Waals surface area contributed by atoms with Gasteiger partial charge in [-0.15, -0.1) is 0 Å². The summed E-state index contributed by atoms with van der Waals surface area (Å²) in [6.07, 6.45) is 5.72. The Labute approximate surface area is 139 Å². The second-order valence-corrected chi connectivity index (χ2v) is 8.58. The number of hydrogen-bond donors (Lipinski definition) is 0. The van der Waals surface area contributed by atoms with Crippen LogP contribution in [0.15, 0.2) is 18.3 Å². The first-order valence-corrected chi connectivity index (χ1v) is 9.76.